The molecule has 0 spiro atoms. The van der Waals surface area contributed by atoms with Crippen LogP contribution in [0.3, 0.4) is 0 Å². The molecule has 0 saturated heterocycles. The fourth-order valence-corrected chi connectivity index (χ4v) is 4.61. The van der Waals surface area contributed by atoms with Crippen LogP contribution in [0.2, 0.25) is 5.02 Å². The van der Waals surface area contributed by atoms with Gasteiger partial charge in [-0.3, -0.25) is 0 Å². The first-order chi connectivity index (χ1) is 11.2. The Morgan fingerprint density at radius 1 is 0.826 bits per heavy atom. The summed E-state index contributed by atoms with van der Waals surface area (Å²) in [5, 5.41) is 3.25. The van der Waals surface area contributed by atoms with E-state index in [-0.39, 0.29) is 0 Å². The van der Waals surface area contributed by atoms with Gasteiger partial charge in [-0.1, -0.05) is 90.0 Å². The van der Waals surface area contributed by atoms with Crippen LogP contribution in [-0.4, -0.2) is 9.04 Å². The lowest BCUT2D eigenvalue weighted by Crippen LogP contribution is -2.44. The number of halogens is 1. The van der Waals surface area contributed by atoms with Crippen molar-refractivity contribution in [2.24, 2.45) is 0 Å². The Kier molecular flexibility index (Phi) is 5.29. The lowest BCUT2D eigenvalue weighted by Gasteiger charge is -2.17. The third kappa shape index (κ3) is 4.11. The predicted molar refractivity (Wildman–Crippen MR) is 98.9 cm³/mol. The highest BCUT2D eigenvalue weighted by atomic mass is 35.5. The summed E-state index contributed by atoms with van der Waals surface area (Å²) in [6.07, 6.45) is 0. The second kappa shape index (κ2) is 7.60. The van der Waals surface area contributed by atoms with Crippen LogP contribution in [0.5, 0.6) is 0 Å². The van der Waals surface area contributed by atoms with Crippen LogP contribution in [0.4, 0.5) is 0 Å². The van der Waals surface area contributed by atoms with Gasteiger partial charge in [-0.05, 0) is 28.9 Å². The summed E-state index contributed by atoms with van der Waals surface area (Å²) < 4.78 is 6.35. The monoisotopic (exact) mass is 337 g/mol. The molecule has 1 radical (unpaired) electrons. The van der Waals surface area contributed by atoms with Gasteiger partial charge >= 0.3 is 0 Å². The Morgan fingerprint density at radius 2 is 1.39 bits per heavy atom. The molecule has 23 heavy (non-hydrogen) atoms. The summed E-state index contributed by atoms with van der Waals surface area (Å²) in [5.41, 5.74) is 2.24. The number of hydrogen-bond donors (Lipinski definition) is 0. The van der Waals surface area contributed by atoms with Crippen LogP contribution in [0.25, 0.3) is 0 Å². The van der Waals surface area contributed by atoms with Gasteiger partial charge in [0.15, 0.2) is 0 Å². The third-order valence-electron chi connectivity index (χ3n) is 3.65. The molecule has 0 unspecified atom stereocenters. The minimum Gasteiger partial charge on any atom is -0.403 e. The van der Waals surface area contributed by atoms with E-state index in [2.05, 4.69) is 61.5 Å². The maximum absolute atomic E-state index is 6.35. The molecule has 0 atom stereocenters. The van der Waals surface area contributed by atoms with Crippen LogP contribution in [0, 0.1) is 6.92 Å². The molecule has 0 saturated carbocycles. The van der Waals surface area contributed by atoms with E-state index in [0.29, 0.717) is 6.61 Å². The van der Waals surface area contributed by atoms with Gasteiger partial charge < -0.3 is 4.43 Å². The summed E-state index contributed by atoms with van der Waals surface area (Å²) in [6.45, 7) is 2.60. The highest BCUT2D eigenvalue weighted by Crippen LogP contribution is 2.18. The van der Waals surface area contributed by atoms with Gasteiger partial charge in [0.25, 0.3) is 9.04 Å². The summed E-state index contributed by atoms with van der Waals surface area (Å²) >= 11 is 6.30. The zero-order valence-corrected chi connectivity index (χ0v) is 14.8. The van der Waals surface area contributed by atoms with Gasteiger partial charge in [-0.25, -0.2) is 0 Å². The van der Waals surface area contributed by atoms with E-state index < -0.39 is 9.04 Å². The highest BCUT2D eigenvalue weighted by Gasteiger charge is 2.19. The summed E-state index contributed by atoms with van der Waals surface area (Å²) in [5.74, 6) is 0. The maximum Gasteiger partial charge on any atom is 0.283 e. The molecule has 0 aliphatic heterocycles. The molecule has 0 aromatic heterocycles. The van der Waals surface area contributed by atoms with Crippen LogP contribution in [0.1, 0.15) is 11.1 Å². The van der Waals surface area contributed by atoms with E-state index in [1.807, 2.05) is 24.3 Å². The van der Waals surface area contributed by atoms with Gasteiger partial charge in [-0.15, -0.1) is 0 Å². The molecule has 0 bridgehead atoms. The van der Waals surface area contributed by atoms with Gasteiger partial charge in [0.2, 0.25) is 0 Å². The Hall–Kier alpha value is -1.87. The van der Waals surface area contributed by atoms with E-state index in [9.17, 15) is 0 Å². The van der Waals surface area contributed by atoms with Crippen molar-refractivity contribution in [1.82, 2.24) is 0 Å². The largest absolute Gasteiger partial charge is 0.403 e. The van der Waals surface area contributed by atoms with Crippen molar-refractivity contribution in [3.63, 3.8) is 0 Å². The molecule has 3 aromatic rings. The standard InChI is InChI=1S/C20H18ClOSi/c1-16-12-13-20(21)17(14-16)15-22-23(18-8-4-2-5-9-18)19-10-6-3-7-11-19/h2-14H,15H2,1H3. The number of hydrogen-bond acceptors (Lipinski definition) is 1. The fraction of sp³-hybridized carbons (Fsp3) is 0.100. The fourth-order valence-electron chi connectivity index (χ4n) is 2.48. The van der Waals surface area contributed by atoms with Crippen molar-refractivity contribution in [3.05, 3.63) is 95.0 Å². The van der Waals surface area contributed by atoms with Crippen molar-refractivity contribution in [1.29, 1.82) is 0 Å². The maximum atomic E-state index is 6.35. The quantitative estimate of drug-likeness (QED) is 0.640. The first-order valence-electron chi connectivity index (χ1n) is 7.59. The van der Waals surface area contributed by atoms with Crippen LogP contribution >= 0.6 is 11.6 Å². The van der Waals surface area contributed by atoms with E-state index >= 15 is 0 Å². The normalized spacial score (nSPS) is 10.9. The zero-order chi connectivity index (χ0) is 16.1. The van der Waals surface area contributed by atoms with E-state index in [0.717, 1.165) is 10.6 Å². The van der Waals surface area contributed by atoms with Gasteiger partial charge in [0, 0.05) is 5.02 Å². The predicted octanol–water partition coefficient (Wildman–Crippen LogP) is 3.97. The summed E-state index contributed by atoms with van der Waals surface area (Å²) in [7, 11) is -1.29. The molecule has 115 valence electrons. The molecule has 0 aliphatic rings. The molecular formula is C20H18ClOSi. The molecule has 0 aliphatic carbocycles. The third-order valence-corrected chi connectivity index (χ3v) is 6.16. The van der Waals surface area contributed by atoms with E-state index in [1.165, 1.54) is 15.9 Å². The Labute approximate surface area is 144 Å². The Bertz CT molecular complexity index is 720. The van der Waals surface area contributed by atoms with Gasteiger partial charge in [0.05, 0.1) is 6.61 Å². The van der Waals surface area contributed by atoms with Crippen molar-refractivity contribution in [2.75, 3.05) is 0 Å². The summed E-state index contributed by atoms with van der Waals surface area (Å²) in [6, 6.07) is 26.9. The average Bonchev–Trinajstić information content (AvgIpc) is 2.60. The second-order valence-electron chi connectivity index (χ2n) is 5.44. The highest BCUT2D eigenvalue weighted by molar-refractivity contribution is 6.80. The Balaban J connectivity index is 1.86. The van der Waals surface area contributed by atoms with Crippen LogP contribution < -0.4 is 10.4 Å². The lowest BCUT2D eigenvalue weighted by atomic mass is 10.1. The zero-order valence-electron chi connectivity index (χ0n) is 13.0. The number of rotatable bonds is 5. The van der Waals surface area contributed by atoms with Crippen molar-refractivity contribution in [3.8, 4) is 0 Å². The molecule has 0 amide bonds. The molecule has 1 nitrogen and oxygen atoms in total. The Morgan fingerprint density at radius 3 is 1.96 bits per heavy atom. The van der Waals surface area contributed by atoms with Crippen molar-refractivity contribution in [2.45, 2.75) is 13.5 Å². The molecular weight excluding hydrogens is 320 g/mol. The average molecular weight is 338 g/mol. The first kappa shape index (κ1) is 16.0. The van der Waals surface area contributed by atoms with E-state index in [1.54, 1.807) is 0 Å². The molecule has 3 rings (SSSR count). The van der Waals surface area contributed by atoms with Crippen molar-refractivity contribution >= 4 is 31.0 Å². The summed E-state index contributed by atoms with van der Waals surface area (Å²) in [4.78, 5) is 0. The second-order valence-corrected chi connectivity index (χ2v) is 7.95. The number of benzene rings is 3. The number of aryl methyl sites for hydroxylation is 1. The molecule has 0 heterocycles. The van der Waals surface area contributed by atoms with E-state index in [4.69, 9.17) is 16.0 Å². The molecule has 3 aromatic carbocycles. The SMILES string of the molecule is Cc1ccc(Cl)c(CO[Si](c2ccccc2)c2ccccc2)c1. The minimum atomic E-state index is -1.29. The smallest absolute Gasteiger partial charge is 0.283 e. The van der Waals surface area contributed by atoms with Crippen LogP contribution in [0.15, 0.2) is 78.9 Å². The molecule has 0 N–H and O–H groups in total. The topological polar surface area (TPSA) is 9.23 Å². The first-order valence-corrected chi connectivity index (χ1v) is 9.38. The van der Waals surface area contributed by atoms with Gasteiger partial charge in [-0.2, -0.15) is 0 Å². The lowest BCUT2D eigenvalue weighted by molar-refractivity contribution is 0.321. The van der Waals surface area contributed by atoms with Crippen molar-refractivity contribution < 1.29 is 4.43 Å². The van der Waals surface area contributed by atoms with Crippen LogP contribution in [-0.2, 0) is 11.0 Å². The van der Waals surface area contributed by atoms with Gasteiger partial charge in [0.1, 0.15) is 0 Å². The minimum absolute atomic E-state index is 0.526. The molecule has 3 heteroatoms. The molecule has 0 fully saturated rings.